The van der Waals surface area contributed by atoms with Gasteiger partial charge in [0.2, 0.25) is 11.5 Å². The minimum atomic E-state index is 0.414. The maximum absolute atomic E-state index is 5.06. The monoisotopic (exact) mass is 219 g/mol. The van der Waals surface area contributed by atoms with E-state index >= 15 is 0 Å². The Morgan fingerprint density at radius 3 is 3.31 bits per heavy atom. The molecule has 3 heterocycles. The average Bonchev–Trinajstić information content (AvgIpc) is 2.90. The van der Waals surface area contributed by atoms with Crippen LogP contribution in [0.3, 0.4) is 0 Å². The van der Waals surface area contributed by atoms with E-state index in [0.29, 0.717) is 17.6 Å². The average molecular weight is 219 g/mol. The van der Waals surface area contributed by atoms with Gasteiger partial charge in [-0.1, -0.05) is 5.16 Å². The van der Waals surface area contributed by atoms with Crippen LogP contribution in [0.4, 0.5) is 5.95 Å². The third-order valence-corrected chi connectivity index (χ3v) is 2.77. The molecule has 0 bridgehead atoms. The number of nitrogens with zero attached hydrogens (tertiary/aromatic N) is 3. The van der Waals surface area contributed by atoms with Crippen LogP contribution in [0.2, 0.25) is 0 Å². The first kappa shape index (κ1) is 9.53. The van der Waals surface area contributed by atoms with Crippen LogP contribution < -0.4 is 10.6 Å². The summed E-state index contributed by atoms with van der Waals surface area (Å²) in [5.74, 6) is 0.646. The van der Waals surface area contributed by atoms with Gasteiger partial charge in [0.05, 0.1) is 6.20 Å². The molecule has 6 nitrogen and oxygen atoms in total. The summed E-state index contributed by atoms with van der Waals surface area (Å²) in [6.45, 7) is 3.88. The van der Waals surface area contributed by atoms with Crippen LogP contribution in [0.15, 0.2) is 10.7 Å². The van der Waals surface area contributed by atoms with E-state index in [2.05, 4.69) is 25.8 Å². The molecule has 1 fully saturated rings. The molecule has 0 aliphatic carbocycles. The van der Waals surface area contributed by atoms with Crippen molar-refractivity contribution in [2.45, 2.75) is 19.4 Å². The number of fused-ring (bicyclic) bond motifs is 1. The maximum Gasteiger partial charge on any atom is 0.223 e. The van der Waals surface area contributed by atoms with Gasteiger partial charge in [-0.05, 0) is 19.9 Å². The first-order valence-electron chi connectivity index (χ1n) is 5.39. The Hall–Kier alpha value is -1.69. The van der Waals surface area contributed by atoms with Crippen molar-refractivity contribution in [3.63, 3.8) is 0 Å². The number of hydrogen-bond donors (Lipinski definition) is 2. The Balaban J connectivity index is 1.88. The lowest BCUT2D eigenvalue weighted by Crippen LogP contribution is -2.23. The van der Waals surface area contributed by atoms with Crippen LogP contribution in [0.25, 0.3) is 11.1 Å². The van der Waals surface area contributed by atoms with Crippen molar-refractivity contribution in [1.29, 1.82) is 0 Å². The molecular weight excluding hydrogens is 206 g/mol. The Kier molecular flexibility index (Phi) is 2.21. The summed E-state index contributed by atoms with van der Waals surface area (Å²) < 4.78 is 5.06. The standard InChI is InChI=1S/C10H13N5O/c1-6-9-8(16-15-6)5-12-10(14-9)13-7-2-3-11-4-7/h5,7,11H,2-4H2,1H3,(H,12,13,14). The molecule has 6 heteroatoms. The fourth-order valence-electron chi connectivity index (χ4n) is 1.89. The molecule has 0 amide bonds. The number of rotatable bonds is 2. The van der Waals surface area contributed by atoms with E-state index in [1.165, 1.54) is 0 Å². The summed E-state index contributed by atoms with van der Waals surface area (Å²) in [5, 5.41) is 10.4. The Morgan fingerprint density at radius 1 is 1.56 bits per heavy atom. The molecule has 1 aliphatic heterocycles. The van der Waals surface area contributed by atoms with Gasteiger partial charge in [0, 0.05) is 12.6 Å². The molecule has 84 valence electrons. The van der Waals surface area contributed by atoms with Gasteiger partial charge in [-0.3, -0.25) is 0 Å². The number of aromatic nitrogens is 3. The second-order valence-electron chi connectivity index (χ2n) is 4.01. The minimum Gasteiger partial charge on any atom is -0.353 e. The van der Waals surface area contributed by atoms with E-state index in [1.807, 2.05) is 6.92 Å². The van der Waals surface area contributed by atoms with Crippen LogP contribution in [0, 0.1) is 6.92 Å². The molecule has 1 atom stereocenters. The smallest absolute Gasteiger partial charge is 0.223 e. The molecule has 16 heavy (non-hydrogen) atoms. The van der Waals surface area contributed by atoms with Crippen molar-refractivity contribution < 1.29 is 4.52 Å². The largest absolute Gasteiger partial charge is 0.353 e. The Labute approximate surface area is 92.4 Å². The van der Waals surface area contributed by atoms with Crippen molar-refractivity contribution in [3.05, 3.63) is 11.9 Å². The highest BCUT2D eigenvalue weighted by atomic mass is 16.5. The number of hydrogen-bond acceptors (Lipinski definition) is 6. The molecule has 0 saturated carbocycles. The van der Waals surface area contributed by atoms with E-state index in [4.69, 9.17) is 4.52 Å². The predicted octanol–water partition coefficient (Wildman–Crippen LogP) is 0.700. The van der Waals surface area contributed by atoms with Gasteiger partial charge >= 0.3 is 0 Å². The van der Waals surface area contributed by atoms with Crippen LogP contribution in [0.1, 0.15) is 12.1 Å². The fourth-order valence-corrected chi connectivity index (χ4v) is 1.89. The quantitative estimate of drug-likeness (QED) is 0.774. The summed E-state index contributed by atoms with van der Waals surface area (Å²) in [4.78, 5) is 8.59. The second kappa shape index (κ2) is 3.71. The molecule has 1 unspecified atom stereocenters. The van der Waals surface area contributed by atoms with Crippen LogP contribution in [0.5, 0.6) is 0 Å². The normalized spacial score (nSPS) is 20.4. The third-order valence-electron chi connectivity index (χ3n) is 2.77. The summed E-state index contributed by atoms with van der Waals surface area (Å²) >= 11 is 0. The summed E-state index contributed by atoms with van der Waals surface area (Å²) in [6, 6.07) is 0.414. The van der Waals surface area contributed by atoms with Crippen molar-refractivity contribution in [1.82, 2.24) is 20.4 Å². The van der Waals surface area contributed by atoms with E-state index in [-0.39, 0.29) is 0 Å². The van der Waals surface area contributed by atoms with Gasteiger partial charge in [-0.25, -0.2) is 9.97 Å². The van der Waals surface area contributed by atoms with Crippen LogP contribution in [-0.4, -0.2) is 34.3 Å². The molecule has 0 aromatic carbocycles. The summed E-state index contributed by atoms with van der Waals surface area (Å²) in [7, 11) is 0. The summed E-state index contributed by atoms with van der Waals surface area (Å²) in [5.41, 5.74) is 2.21. The van der Waals surface area contributed by atoms with Gasteiger partial charge in [0.25, 0.3) is 0 Å². The fraction of sp³-hybridized carbons (Fsp3) is 0.500. The molecule has 0 radical (unpaired) electrons. The van der Waals surface area contributed by atoms with E-state index in [1.54, 1.807) is 6.20 Å². The highest BCUT2D eigenvalue weighted by molar-refractivity contribution is 5.74. The highest BCUT2D eigenvalue weighted by Gasteiger charge is 2.16. The first-order chi connectivity index (χ1) is 7.83. The molecule has 2 aromatic heterocycles. The van der Waals surface area contributed by atoms with Gasteiger partial charge in [0.15, 0.2) is 0 Å². The lowest BCUT2D eigenvalue weighted by Gasteiger charge is -2.10. The minimum absolute atomic E-state index is 0.414. The molecular formula is C10H13N5O. The zero-order valence-electron chi connectivity index (χ0n) is 9.03. The lowest BCUT2D eigenvalue weighted by molar-refractivity contribution is 0.449. The van der Waals surface area contributed by atoms with Gasteiger partial charge in [-0.15, -0.1) is 0 Å². The Bertz CT molecular complexity index is 503. The third kappa shape index (κ3) is 1.61. The number of anilines is 1. The Morgan fingerprint density at radius 2 is 2.50 bits per heavy atom. The van der Waals surface area contributed by atoms with Crippen molar-refractivity contribution >= 4 is 17.0 Å². The molecule has 3 rings (SSSR count). The van der Waals surface area contributed by atoms with Gasteiger partial charge < -0.3 is 15.2 Å². The molecule has 1 aliphatic rings. The zero-order valence-corrected chi connectivity index (χ0v) is 9.03. The lowest BCUT2D eigenvalue weighted by atomic mass is 10.3. The van der Waals surface area contributed by atoms with Crippen molar-refractivity contribution in [2.75, 3.05) is 18.4 Å². The van der Waals surface area contributed by atoms with Crippen molar-refractivity contribution in [3.8, 4) is 0 Å². The molecule has 2 aromatic rings. The van der Waals surface area contributed by atoms with Crippen LogP contribution in [-0.2, 0) is 0 Å². The second-order valence-corrected chi connectivity index (χ2v) is 4.01. The topological polar surface area (TPSA) is 75.9 Å². The van der Waals surface area contributed by atoms with Gasteiger partial charge in [-0.2, -0.15) is 0 Å². The predicted molar refractivity (Wildman–Crippen MR) is 59.2 cm³/mol. The maximum atomic E-state index is 5.06. The first-order valence-corrected chi connectivity index (χ1v) is 5.39. The summed E-state index contributed by atoms with van der Waals surface area (Å²) in [6.07, 6.45) is 2.76. The zero-order chi connectivity index (χ0) is 11.0. The van der Waals surface area contributed by atoms with E-state index in [0.717, 1.165) is 30.7 Å². The SMILES string of the molecule is Cc1noc2cnc(NC3CCNC3)nc12. The van der Waals surface area contributed by atoms with Crippen LogP contribution >= 0.6 is 0 Å². The number of nitrogens with one attached hydrogen (secondary N) is 2. The van der Waals surface area contributed by atoms with Gasteiger partial charge in [0.1, 0.15) is 11.2 Å². The molecule has 1 saturated heterocycles. The van der Waals surface area contributed by atoms with E-state index in [9.17, 15) is 0 Å². The van der Waals surface area contributed by atoms with Crippen molar-refractivity contribution in [2.24, 2.45) is 0 Å². The van der Waals surface area contributed by atoms with E-state index < -0.39 is 0 Å². The molecule has 0 spiro atoms. The number of aryl methyl sites for hydroxylation is 1. The molecule has 2 N–H and O–H groups in total. The highest BCUT2D eigenvalue weighted by Crippen LogP contribution is 2.16.